The summed E-state index contributed by atoms with van der Waals surface area (Å²) in [4.78, 5) is 8.40. The lowest BCUT2D eigenvalue weighted by molar-refractivity contribution is -0.0281. The van der Waals surface area contributed by atoms with Crippen molar-refractivity contribution in [3.8, 4) is 11.4 Å². The van der Waals surface area contributed by atoms with Gasteiger partial charge in [-0.1, -0.05) is 24.3 Å². The first-order valence-electron chi connectivity index (χ1n) is 11.9. The van der Waals surface area contributed by atoms with E-state index in [1.54, 1.807) is 11.1 Å². The number of aromatic nitrogens is 4. The van der Waals surface area contributed by atoms with Gasteiger partial charge in [0.05, 0.1) is 12.7 Å². The largest absolute Gasteiger partial charge is 0.306 e. The molecule has 160 valence electrons. The summed E-state index contributed by atoms with van der Waals surface area (Å²) in [5, 5.41) is 0. The van der Waals surface area contributed by atoms with Gasteiger partial charge in [0.25, 0.3) is 0 Å². The van der Waals surface area contributed by atoms with Gasteiger partial charge in [0, 0.05) is 36.2 Å². The maximum absolute atomic E-state index is 4.20. The fourth-order valence-corrected chi connectivity index (χ4v) is 7.74. The Kier molecular flexibility index (Phi) is 3.85. The zero-order valence-electron chi connectivity index (χ0n) is 18.3. The normalized spacial score (nSPS) is 30.6. The molecule has 0 unspecified atom stereocenters. The Morgan fingerprint density at radius 1 is 0.625 bits per heavy atom. The maximum Gasteiger partial charge on any atom is 0.0991 e. The van der Waals surface area contributed by atoms with Crippen molar-refractivity contribution in [2.45, 2.75) is 49.4 Å². The van der Waals surface area contributed by atoms with E-state index < -0.39 is 0 Å². The Balaban J connectivity index is 1.24. The summed E-state index contributed by atoms with van der Waals surface area (Å²) >= 11 is 0. The van der Waals surface area contributed by atoms with Gasteiger partial charge in [-0.2, -0.15) is 0 Å². The molecule has 0 N–H and O–H groups in total. The Bertz CT molecular complexity index is 1110. The van der Waals surface area contributed by atoms with E-state index in [9.17, 15) is 0 Å². The maximum atomic E-state index is 4.20. The summed E-state index contributed by atoms with van der Waals surface area (Å²) < 4.78 is 4.18. The molecule has 0 spiro atoms. The second-order valence-electron chi connectivity index (χ2n) is 10.6. The van der Waals surface area contributed by atoms with E-state index in [0.29, 0.717) is 10.8 Å². The monoisotopic (exact) mass is 420 g/mol. The quantitative estimate of drug-likeness (QED) is 0.415. The minimum atomic E-state index is 0.334. The van der Waals surface area contributed by atoms with Crippen LogP contribution in [-0.2, 0) is 10.8 Å². The highest BCUT2D eigenvalue weighted by molar-refractivity contribution is 5.43. The van der Waals surface area contributed by atoms with Gasteiger partial charge in [-0.05, 0) is 96.6 Å². The molecular formula is C28H28N4. The molecule has 2 aromatic carbocycles. The lowest BCUT2D eigenvalue weighted by Crippen LogP contribution is -2.55. The van der Waals surface area contributed by atoms with Gasteiger partial charge in [-0.15, -0.1) is 0 Å². The molecule has 4 aliphatic carbocycles. The molecule has 4 fully saturated rings. The molecule has 0 radical (unpaired) electrons. The third-order valence-electron chi connectivity index (χ3n) is 8.63. The number of benzene rings is 2. The molecule has 4 aromatic rings. The van der Waals surface area contributed by atoms with Crippen molar-refractivity contribution < 1.29 is 0 Å². The van der Waals surface area contributed by atoms with Crippen molar-refractivity contribution in [3.63, 3.8) is 0 Å². The van der Waals surface area contributed by atoms with Crippen LogP contribution in [0.15, 0.2) is 86.0 Å². The van der Waals surface area contributed by atoms with Crippen LogP contribution in [0.25, 0.3) is 11.4 Å². The fraction of sp³-hybridized carbons (Fsp3) is 0.357. The molecule has 2 aromatic heterocycles. The topological polar surface area (TPSA) is 35.6 Å². The number of hydrogen-bond donors (Lipinski definition) is 0. The first-order valence-corrected chi connectivity index (χ1v) is 11.9. The van der Waals surface area contributed by atoms with Crippen LogP contribution in [0.2, 0.25) is 0 Å². The number of hydrogen-bond acceptors (Lipinski definition) is 2. The van der Waals surface area contributed by atoms with Gasteiger partial charge >= 0.3 is 0 Å². The number of imidazole rings is 2. The molecule has 4 nitrogen and oxygen atoms in total. The van der Waals surface area contributed by atoms with Gasteiger partial charge in [-0.3, -0.25) is 0 Å². The van der Waals surface area contributed by atoms with Crippen LogP contribution in [0.3, 0.4) is 0 Å². The molecule has 0 amide bonds. The Labute approximate surface area is 189 Å². The minimum Gasteiger partial charge on any atom is -0.306 e. The van der Waals surface area contributed by atoms with Crippen LogP contribution in [-0.4, -0.2) is 19.1 Å². The number of nitrogens with zero attached hydrogens (tertiary/aromatic N) is 4. The fourth-order valence-electron chi connectivity index (χ4n) is 7.74. The molecule has 0 aliphatic heterocycles. The van der Waals surface area contributed by atoms with Crippen LogP contribution < -0.4 is 0 Å². The van der Waals surface area contributed by atoms with Crippen LogP contribution in [0.1, 0.15) is 49.7 Å². The van der Waals surface area contributed by atoms with E-state index in [0.717, 1.165) is 11.8 Å². The zero-order valence-corrected chi connectivity index (χ0v) is 18.3. The van der Waals surface area contributed by atoms with E-state index in [4.69, 9.17) is 0 Å². The minimum absolute atomic E-state index is 0.334. The SMILES string of the molecule is c1cn(-c2ccc(C34CC5CC(C3)CC(c3ccc(-n6ccnc6)cc3)(C5)C4)cc2)cn1. The van der Waals surface area contributed by atoms with Crippen molar-refractivity contribution >= 4 is 0 Å². The van der Waals surface area contributed by atoms with Crippen LogP contribution >= 0.6 is 0 Å². The molecule has 4 bridgehead atoms. The van der Waals surface area contributed by atoms with Crippen LogP contribution in [0.5, 0.6) is 0 Å². The summed E-state index contributed by atoms with van der Waals surface area (Å²) in [7, 11) is 0. The predicted molar refractivity (Wildman–Crippen MR) is 125 cm³/mol. The molecule has 4 heteroatoms. The first kappa shape index (κ1) is 18.4. The Morgan fingerprint density at radius 2 is 1.06 bits per heavy atom. The first-order chi connectivity index (χ1) is 15.7. The second-order valence-corrected chi connectivity index (χ2v) is 10.6. The van der Waals surface area contributed by atoms with Crippen LogP contribution in [0.4, 0.5) is 0 Å². The molecular weight excluding hydrogens is 392 g/mol. The molecule has 32 heavy (non-hydrogen) atoms. The smallest absolute Gasteiger partial charge is 0.0991 e. The van der Waals surface area contributed by atoms with Gasteiger partial charge in [0.15, 0.2) is 0 Å². The lowest BCUT2D eigenvalue weighted by atomic mass is 9.42. The van der Waals surface area contributed by atoms with Crippen molar-refractivity contribution in [3.05, 3.63) is 97.1 Å². The highest BCUT2D eigenvalue weighted by Gasteiger charge is 2.58. The Hall–Kier alpha value is -3.14. The molecule has 0 atom stereocenters. The van der Waals surface area contributed by atoms with Crippen molar-refractivity contribution in [2.24, 2.45) is 11.8 Å². The van der Waals surface area contributed by atoms with Gasteiger partial charge in [0.2, 0.25) is 0 Å². The standard InChI is InChI=1S/C28H28N4/c1-5-25(31-11-9-29-19-31)6-2-23(1)27-14-21-13-22(15-27)17-28(16-21,18-27)24-3-7-26(8-4-24)32-12-10-30-20-32/h1-12,19-22H,13-18H2. The summed E-state index contributed by atoms with van der Waals surface area (Å²) in [5.74, 6) is 1.72. The lowest BCUT2D eigenvalue weighted by Gasteiger charge is -2.63. The van der Waals surface area contributed by atoms with Gasteiger partial charge < -0.3 is 9.13 Å². The van der Waals surface area contributed by atoms with E-state index in [2.05, 4.69) is 67.6 Å². The van der Waals surface area contributed by atoms with E-state index >= 15 is 0 Å². The van der Waals surface area contributed by atoms with Gasteiger partial charge in [0.1, 0.15) is 0 Å². The predicted octanol–water partition coefficient (Wildman–Crippen LogP) is 5.85. The van der Waals surface area contributed by atoms with Crippen LogP contribution in [0, 0.1) is 11.8 Å². The van der Waals surface area contributed by atoms with Crippen molar-refractivity contribution in [2.75, 3.05) is 0 Å². The zero-order chi connectivity index (χ0) is 21.2. The summed E-state index contributed by atoms with van der Waals surface area (Å²) in [6.45, 7) is 0. The highest BCUT2D eigenvalue weighted by atomic mass is 15.0. The van der Waals surface area contributed by atoms with Crippen molar-refractivity contribution in [1.82, 2.24) is 19.1 Å². The molecule has 4 aliphatic rings. The highest BCUT2D eigenvalue weighted by Crippen LogP contribution is 2.66. The average Bonchev–Trinajstić information content (AvgIpc) is 3.53. The molecule has 8 rings (SSSR count). The molecule has 4 saturated carbocycles. The Morgan fingerprint density at radius 3 is 1.44 bits per heavy atom. The van der Waals surface area contributed by atoms with Gasteiger partial charge in [-0.25, -0.2) is 9.97 Å². The van der Waals surface area contributed by atoms with E-state index in [1.807, 2.05) is 37.4 Å². The second kappa shape index (κ2) is 6.68. The third kappa shape index (κ3) is 2.75. The molecule has 0 saturated heterocycles. The van der Waals surface area contributed by atoms with Crippen molar-refractivity contribution in [1.29, 1.82) is 0 Å². The third-order valence-corrected chi connectivity index (χ3v) is 8.63. The summed E-state index contributed by atoms with van der Waals surface area (Å²) in [6.07, 6.45) is 19.7. The van der Waals surface area contributed by atoms with E-state index in [1.165, 1.54) is 49.9 Å². The average molecular weight is 421 g/mol. The van der Waals surface area contributed by atoms with E-state index in [-0.39, 0.29) is 0 Å². The summed E-state index contributed by atoms with van der Waals surface area (Å²) in [6, 6.07) is 18.7. The molecule has 2 heterocycles. The number of rotatable bonds is 4. The summed E-state index contributed by atoms with van der Waals surface area (Å²) in [5.41, 5.74) is 6.16.